The molecule has 0 radical (unpaired) electrons. The molecule has 258 valence electrons. The van der Waals surface area contributed by atoms with Gasteiger partial charge in [-0.05, 0) is 66.4 Å². The highest BCUT2D eigenvalue weighted by atomic mass is 32.2. The first-order valence-corrected chi connectivity index (χ1v) is 17.4. The maximum atomic E-state index is 14.6. The number of amides is 2. The fourth-order valence-corrected chi connectivity index (χ4v) is 7.40. The van der Waals surface area contributed by atoms with Crippen LogP contribution in [0.1, 0.15) is 42.4 Å². The fourth-order valence-electron chi connectivity index (χ4n) is 5.97. The third-order valence-electron chi connectivity index (χ3n) is 8.53. The van der Waals surface area contributed by atoms with Crippen LogP contribution in [0.15, 0.2) is 114 Å². The van der Waals surface area contributed by atoms with Crippen molar-refractivity contribution in [3.63, 3.8) is 0 Å². The highest BCUT2D eigenvalue weighted by Gasteiger charge is 2.37. The zero-order valence-corrected chi connectivity index (χ0v) is 27.8. The minimum absolute atomic E-state index is 0.0698. The van der Waals surface area contributed by atoms with E-state index < -0.39 is 46.2 Å². The van der Waals surface area contributed by atoms with Crippen molar-refractivity contribution in [2.75, 3.05) is 18.0 Å². The van der Waals surface area contributed by atoms with Gasteiger partial charge in [0.25, 0.3) is 10.0 Å². The number of nitrogens with one attached hydrogen (secondary N) is 1. The zero-order chi connectivity index (χ0) is 35.0. The molecule has 0 saturated heterocycles. The van der Waals surface area contributed by atoms with Crippen LogP contribution in [-0.4, -0.2) is 50.9 Å². The van der Waals surface area contributed by atoms with Crippen molar-refractivity contribution in [1.82, 2.24) is 10.2 Å². The number of anilines is 1. The number of hydrogen-bond donors (Lipinski definition) is 1. The number of alkyl halides is 3. The summed E-state index contributed by atoms with van der Waals surface area (Å²) in [5.74, 6) is -0.664. The second-order valence-corrected chi connectivity index (χ2v) is 13.8. The number of nitrogens with zero attached hydrogens (tertiary/aromatic N) is 2. The number of carbonyl (C=O) groups excluding carboxylic acids is 2. The Morgan fingerprint density at radius 3 is 2.14 bits per heavy atom. The molecule has 1 saturated carbocycles. The summed E-state index contributed by atoms with van der Waals surface area (Å²) in [4.78, 5) is 29.8. The molecular formula is C37H38F3N3O5S. The van der Waals surface area contributed by atoms with E-state index in [1.54, 1.807) is 30.3 Å². The van der Waals surface area contributed by atoms with Crippen molar-refractivity contribution < 1.29 is 35.9 Å². The molecule has 0 bridgehead atoms. The monoisotopic (exact) mass is 693 g/mol. The Bertz CT molecular complexity index is 1830. The Labute approximate surface area is 284 Å². The molecule has 12 heteroatoms. The third-order valence-corrected chi connectivity index (χ3v) is 10.3. The number of ether oxygens (including phenoxy) is 1. The van der Waals surface area contributed by atoms with Crippen molar-refractivity contribution >= 4 is 27.5 Å². The molecule has 0 aliphatic heterocycles. The van der Waals surface area contributed by atoms with E-state index in [0.29, 0.717) is 21.7 Å². The molecule has 2 amide bonds. The van der Waals surface area contributed by atoms with Crippen molar-refractivity contribution in [3.8, 4) is 5.75 Å². The molecule has 4 aromatic carbocycles. The summed E-state index contributed by atoms with van der Waals surface area (Å²) in [6.07, 6.45) is -1.13. The van der Waals surface area contributed by atoms with Gasteiger partial charge in [0.2, 0.25) is 11.8 Å². The van der Waals surface area contributed by atoms with E-state index in [1.807, 2.05) is 30.3 Å². The van der Waals surface area contributed by atoms with Gasteiger partial charge in [0.15, 0.2) is 0 Å². The molecule has 4 aromatic rings. The van der Waals surface area contributed by atoms with E-state index in [0.717, 1.165) is 43.4 Å². The van der Waals surface area contributed by atoms with Crippen LogP contribution in [0.25, 0.3) is 0 Å². The summed E-state index contributed by atoms with van der Waals surface area (Å²) >= 11 is 0. The highest BCUT2D eigenvalue weighted by molar-refractivity contribution is 7.92. The molecule has 1 fully saturated rings. The average Bonchev–Trinajstić information content (AvgIpc) is 3.62. The van der Waals surface area contributed by atoms with Crippen molar-refractivity contribution in [3.05, 3.63) is 126 Å². The summed E-state index contributed by atoms with van der Waals surface area (Å²) < 4.78 is 75.7. The Balaban J connectivity index is 1.60. The molecule has 1 unspecified atom stereocenters. The minimum Gasteiger partial charge on any atom is -0.497 e. The van der Waals surface area contributed by atoms with Crippen LogP contribution in [0.2, 0.25) is 0 Å². The van der Waals surface area contributed by atoms with Crippen LogP contribution in [0.4, 0.5) is 18.9 Å². The Morgan fingerprint density at radius 1 is 0.857 bits per heavy atom. The lowest BCUT2D eigenvalue weighted by Gasteiger charge is -2.34. The molecule has 49 heavy (non-hydrogen) atoms. The topological polar surface area (TPSA) is 96.0 Å². The minimum atomic E-state index is -4.76. The van der Waals surface area contributed by atoms with E-state index in [1.165, 1.54) is 42.3 Å². The number of halogens is 3. The Hall–Kier alpha value is -4.84. The first-order valence-electron chi connectivity index (χ1n) is 16.0. The summed E-state index contributed by atoms with van der Waals surface area (Å²) in [7, 11) is -3.06. The quantitative estimate of drug-likeness (QED) is 0.170. The molecule has 1 aliphatic rings. The number of hydrogen-bond acceptors (Lipinski definition) is 5. The van der Waals surface area contributed by atoms with E-state index in [9.17, 15) is 31.2 Å². The summed E-state index contributed by atoms with van der Waals surface area (Å²) in [5, 5.41) is 3.09. The van der Waals surface area contributed by atoms with Gasteiger partial charge in [0.1, 0.15) is 18.3 Å². The fraction of sp³-hybridized carbons (Fsp3) is 0.297. The first kappa shape index (κ1) is 35.5. The zero-order valence-electron chi connectivity index (χ0n) is 27.0. The van der Waals surface area contributed by atoms with Gasteiger partial charge in [0.05, 0.1) is 23.3 Å². The second kappa shape index (κ2) is 15.6. The SMILES string of the molecule is COc1cccc(CN(C(=O)CN(c2cccc(C(F)(F)F)c2)S(=O)(=O)c2ccccc2)C(Cc2ccccc2)C(=O)NC2CCCC2)c1. The number of methoxy groups -OCH3 is 1. The lowest BCUT2D eigenvalue weighted by Crippen LogP contribution is -2.54. The lowest BCUT2D eigenvalue weighted by atomic mass is 10.0. The van der Waals surface area contributed by atoms with Crippen LogP contribution in [0.5, 0.6) is 5.75 Å². The smallest absolute Gasteiger partial charge is 0.416 e. The van der Waals surface area contributed by atoms with Crippen LogP contribution >= 0.6 is 0 Å². The van der Waals surface area contributed by atoms with E-state index in [-0.39, 0.29) is 29.6 Å². The van der Waals surface area contributed by atoms with E-state index in [4.69, 9.17) is 4.74 Å². The van der Waals surface area contributed by atoms with Gasteiger partial charge >= 0.3 is 6.18 Å². The summed E-state index contributed by atoms with van der Waals surface area (Å²) in [5.41, 5.74) is -0.0414. The Morgan fingerprint density at radius 2 is 1.49 bits per heavy atom. The van der Waals surface area contributed by atoms with Gasteiger partial charge in [-0.3, -0.25) is 13.9 Å². The van der Waals surface area contributed by atoms with E-state index >= 15 is 0 Å². The van der Waals surface area contributed by atoms with Crippen molar-refractivity contribution in [2.24, 2.45) is 0 Å². The number of benzene rings is 4. The normalized spacial score (nSPS) is 14.2. The second-order valence-electron chi connectivity index (χ2n) is 11.9. The van der Waals surface area contributed by atoms with Gasteiger partial charge in [-0.25, -0.2) is 8.42 Å². The van der Waals surface area contributed by atoms with Gasteiger partial charge in [0, 0.05) is 19.0 Å². The molecule has 5 rings (SSSR count). The standard InChI is InChI=1S/C37H38F3N3O5S/c1-48-32-19-10-14-28(22-32)25-42(34(23-27-12-4-2-5-13-27)36(45)41-30-16-8-9-17-30)35(44)26-43(49(46,47)33-20-6-3-7-21-33)31-18-11-15-29(24-31)37(38,39)40/h2-7,10-15,18-22,24,30,34H,8-9,16-17,23,25-26H2,1H3,(H,41,45). The maximum absolute atomic E-state index is 14.6. The predicted molar refractivity (Wildman–Crippen MR) is 180 cm³/mol. The predicted octanol–water partition coefficient (Wildman–Crippen LogP) is 6.61. The summed E-state index contributed by atoms with van der Waals surface area (Å²) in [6.45, 7) is -0.974. The molecule has 0 spiro atoms. The molecule has 1 N–H and O–H groups in total. The van der Waals surface area contributed by atoms with Crippen molar-refractivity contribution in [1.29, 1.82) is 0 Å². The number of carbonyl (C=O) groups is 2. The van der Waals surface area contributed by atoms with E-state index in [2.05, 4.69) is 5.32 Å². The Kier molecular flexibility index (Phi) is 11.3. The van der Waals surface area contributed by atoms with Gasteiger partial charge < -0.3 is 15.0 Å². The van der Waals surface area contributed by atoms with Crippen LogP contribution in [0.3, 0.4) is 0 Å². The van der Waals surface area contributed by atoms with Crippen LogP contribution in [-0.2, 0) is 38.8 Å². The van der Waals surface area contributed by atoms with Crippen LogP contribution in [0, 0.1) is 0 Å². The molecule has 0 aromatic heterocycles. The maximum Gasteiger partial charge on any atom is 0.416 e. The molecule has 1 aliphatic carbocycles. The van der Waals surface area contributed by atoms with Gasteiger partial charge in [-0.1, -0.05) is 79.6 Å². The van der Waals surface area contributed by atoms with Gasteiger partial charge in [-0.15, -0.1) is 0 Å². The largest absolute Gasteiger partial charge is 0.497 e. The molecule has 1 atom stereocenters. The first-order chi connectivity index (χ1) is 23.5. The lowest BCUT2D eigenvalue weighted by molar-refractivity contribution is -0.140. The number of rotatable bonds is 13. The van der Waals surface area contributed by atoms with Crippen LogP contribution < -0.4 is 14.4 Å². The third kappa shape index (κ3) is 9.00. The molecule has 8 nitrogen and oxygen atoms in total. The van der Waals surface area contributed by atoms with Gasteiger partial charge in [-0.2, -0.15) is 13.2 Å². The van der Waals surface area contributed by atoms with Crippen molar-refractivity contribution in [2.45, 2.75) is 61.8 Å². The number of sulfonamides is 1. The summed E-state index contributed by atoms with van der Waals surface area (Å²) in [6, 6.07) is 25.9. The molecule has 0 heterocycles. The average molecular weight is 694 g/mol. The highest BCUT2D eigenvalue weighted by Crippen LogP contribution is 2.33. The molecular weight excluding hydrogens is 655 g/mol.